The van der Waals surface area contributed by atoms with Crippen LogP contribution in [0.5, 0.6) is 5.75 Å². The maximum Gasteiger partial charge on any atom is 0.416 e. The van der Waals surface area contributed by atoms with E-state index >= 15 is 0 Å². The van der Waals surface area contributed by atoms with Crippen LogP contribution < -0.4 is 14.8 Å². The van der Waals surface area contributed by atoms with Crippen molar-refractivity contribution in [3.63, 3.8) is 0 Å². The van der Waals surface area contributed by atoms with Crippen LogP contribution in [0.2, 0.25) is 0 Å². The number of aryl methyl sites for hydroxylation is 1. The molecule has 0 saturated heterocycles. The van der Waals surface area contributed by atoms with Crippen molar-refractivity contribution in [2.75, 3.05) is 16.6 Å². The van der Waals surface area contributed by atoms with Gasteiger partial charge in [0.15, 0.2) is 6.61 Å². The first kappa shape index (κ1) is 24.1. The number of nitrogens with one attached hydrogen (secondary N) is 2. The monoisotopic (exact) mass is 482 g/mol. The average molecular weight is 482 g/mol. The zero-order chi connectivity index (χ0) is 24.2. The smallest absolute Gasteiger partial charge is 0.416 e. The van der Waals surface area contributed by atoms with Gasteiger partial charge in [-0.25, -0.2) is 12.8 Å². The third kappa shape index (κ3) is 6.45. The second kappa shape index (κ2) is 9.49. The van der Waals surface area contributed by atoms with Crippen LogP contribution >= 0.6 is 0 Å². The topological polar surface area (TPSA) is 84.5 Å². The van der Waals surface area contributed by atoms with E-state index in [0.29, 0.717) is 5.56 Å². The van der Waals surface area contributed by atoms with Gasteiger partial charge in [-0.2, -0.15) is 13.2 Å². The molecular formula is C22H18F4N2O4S. The maximum absolute atomic E-state index is 13.0. The third-order valence-electron chi connectivity index (χ3n) is 4.41. The average Bonchev–Trinajstić information content (AvgIpc) is 2.74. The summed E-state index contributed by atoms with van der Waals surface area (Å²) in [4.78, 5) is 12.0. The van der Waals surface area contributed by atoms with E-state index in [1.165, 1.54) is 30.3 Å². The largest absolute Gasteiger partial charge is 0.483 e. The first-order chi connectivity index (χ1) is 15.4. The van der Waals surface area contributed by atoms with E-state index in [2.05, 4.69) is 10.0 Å². The molecule has 0 radical (unpaired) electrons. The van der Waals surface area contributed by atoms with E-state index in [1.54, 1.807) is 6.92 Å². The number of hydrogen-bond donors (Lipinski definition) is 2. The molecule has 0 spiro atoms. The quantitative estimate of drug-likeness (QED) is 0.466. The molecule has 0 heterocycles. The van der Waals surface area contributed by atoms with Gasteiger partial charge in [0.1, 0.15) is 11.6 Å². The van der Waals surface area contributed by atoms with Crippen molar-refractivity contribution in [1.29, 1.82) is 0 Å². The van der Waals surface area contributed by atoms with E-state index < -0.39 is 40.1 Å². The SMILES string of the molecule is Cc1cc(S(=O)(=O)Nc2ccc(F)cc2)ccc1OCC(=O)Nc1ccc(C(F)(F)F)cc1. The van der Waals surface area contributed by atoms with Gasteiger partial charge >= 0.3 is 6.18 Å². The highest BCUT2D eigenvalue weighted by molar-refractivity contribution is 7.92. The highest BCUT2D eigenvalue weighted by Gasteiger charge is 2.30. The molecule has 0 unspecified atom stereocenters. The number of anilines is 2. The predicted molar refractivity (Wildman–Crippen MR) is 114 cm³/mol. The zero-order valence-corrected chi connectivity index (χ0v) is 17.9. The predicted octanol–water partition coefficient (Wildman–Crippen LogP) is 4.97. The van der Waals surface area contributed by atoms with Crippen LogP contribution in [0, 0.1) is 12.7 Å². The fraction of sp³-hybridized carbons (Fsp3) is 0.136. The second-order valence-electron chi connectivity index (χ2n) is 6.95. The minimum absolute atomic E-state index is 0.0640. The number of alkyl halides is 3. The number of amides is 1. The van der Waals surface area contributed by atoms with Crippen molar-refractivity contribution < 1.29 is 35.5 Å². The van der Waals surface area contributed by atoms with E-state index in [9.17, 15) is 30.8 Å². The Hall–Kier alpha value is -3.60. The summed E-state index contributed by atoms with van der Waals surface area (Å²) in [6.07, 6.45) is -4.47. The van der Waals surface area contributed by atoms with Gasteiger partial charge in [-0.3, -0.25) is 9.52 Å². The lowest BCUT2D eigenvalue weighted by atomic mass is 10.2. The van der Waals surface area contributed by atoms with Crippen molar-refractivity contribution in [2.24, 2.45) is 0 Å². The molecule has 0 aliphatic carbocycles. The Morgan fingerprint density at radius 2 is 1.55 bits per heavy atom. The summed E-state index contributed by atoms with van der Waals surface area (Å²) in [6.45, 7) is 1.14. The standard InChI is InChI=1S/C22H18F4N2O4S/c1-14-12-19(33(30,31)28-18-8-4-16(23)5-9-18)10-11-20(14)32-13-21(29)27-17-6-2-15(3-7-17)22(24,25)26/h2-12,28H,13H2,1H3,(H,27,29). The van der Waals surface area contributed by atoms with Crippen molar-refractivity contribution in [1.82, 2.24) is 0 Å². The molecule has 0 atom stereocenters. The van der Waals surface area contributed by atoms with E-state index in [0.717, 1.165) is 36.4 Å². The Balaban J connectivity index is 1.60. The minimum Gasteiger partial charge on any atom is -0.483 e. The molecule has 2 N–H and O–H groups in total. The van der Waals surface area contributed by atoms with Crippen molar-refractivity contribution in [2.45, 2.75) is 18.0 Å². The molecule has 0 aliphatic heterocycles. The van der Waals surface area contributed by atoms with Crippen LogP contribution in [0.3, 0.4) is 0 Å². The summed E-state index contributed by atoms with van der Waals surface area (Å²) in [5.74, 6) is -0.861. The molecule has 174 valence electrons. The fourth-order valence-electron chi connectivity index (χ4n) is 2.77. The molecule has 0 saturated carbocycles. The van der Waals surface area contributed by atoms with Gasteiger partial charge in [0.25, 0.3) is 15.9 Å². The van der Waals surface area contributed by atoms with E-state index in [-0.39, 0.29) is 22.0 Å². The van der Waals surface area contributed by atoms with Gasteiger partial charge < -0.3 is 10.1 Å². The normalized spacial score (nSPS) is 11.7. The molecule has 3 aromatic carbocycles. The number of halogens is 4. The Morgan fingerprint density at radius 3 is 2.12 bits per heavy atom. The lowest BCUT2D eigenvalue weighted by Gasteiger charge is -2.13. The summed E-state index contributed by atoms with van der Waals surface area (Å²) in [5.41, 5.74) is -0.0495. The Labute approximate surface area is 187 Å². The van der Waals surface area contributed by atoms with Crippen LogP contribution in [-0.2, 0) is 21.0 Å². The first-order valence-electron chi connectivity index (χ1n) is 9.43. The van der Waals surface area contributed by atoms with Gasteiger partial charge in [0, 0.05) is 11.4 Å². The molecule has 3 aromatic rings. The summed E-state index contributed by atoms with van der Waals surface area (Å²) in [5, 5.41) is 2.41. The van der Waals surface area contributed by atoms with Crippen LogP contribution in [0.25, 0.3) is 0 Å². The van der Waals surface area contributed by atoms with Crippen LogP contribution in [0.4, 0.5) is 28.9 Å². The number of benzene rings is 3. The Bertz CT molecular complexity index is 1240. The lowest BCUT2D eigenvalue weighted by molar-refractivity contribution is -0.137. The molecular weight excluding hydrogens is 464 g/mol. The van der Waals surface area contributed by atoms with Gasteiger partial charge in [-0.15, -0.1) is 0 Å². The molecule has 33 heavy (non-hydrogen) atoms. The third-order valence-corrected chi connectivity index (χ3v) is 5.79. The van der Waals surface area contributed by atoms with Crippen molar-refractivity contribution >= 4 is 27.3 Å². The van der Waals surface area contributed by atoms with Crippen molar-refractivity contribution in [3.05, 3.63) is 83.7 Å². The van der Waals surface area contributed by atoms with E-state index in [1.807, 2.05) is 0 Å². The first-order valence-corrected chi connectivity index (χ1v) is 10.9. The molecule has 6 nitrogen and oxygen atoms in total. The minimum atomic E-state index is -4.47. The number of carbonyl (C=O) groups excluding carboxylic acids is 1. The van der Waals surface area contributed by atoms with Gasteiger partial charge in [-0.1, -0.05) is 0 Å². The Kier molecular flexibility index (Phi) is 6.92. The number of ether oxygens (including phenoxy) is 1. The number of sulfonamides is 1. The van der Waals surface area contributed by atoms with Crippen LogP contribution in [0.15, 0.2) is 71.6 Å². The molecule has 0 aliphatic rings. The van der Waals surface area contributed by atoms with Gasteiger partial charge in [0.2, 0.25) is 0 Å². The van der Waals surface area contributed by atoms with E-state index in [4.69, 9.17) is 4.74 Å². The molecule has 11 heteroatoms. The Morgan fingerprint density at radius 1 is 0.939 bits per heavy atom. The molecule has 0 bridgehead atoms. The molecule has 1 amide bonds. The zero-order valence-electron chi connectivity index (χ0n) is 17.1. The fourth-order valence-corrected chi connectivity index (χ4v) is 3.91. The lowest BCUT2D eigenvalue weighted by Crippen LogP contribution is -2.20. The summed E-state index contributed by atoms with van der Waals surface area (Å²) in [7, 11) is -3.94. The highest BCUT2D eigenvalue weighted by Crippen LogP contribution is 2.30. The molecule has 3 rings (SSSR count). The van der Waals surface area contributed by atoms with Gasteiger partial charge in [-0.05, 0) is 79.2 Å². The molecule has 0 fully saturated rings. The van der Waals surface area contributed by atoms with Gasteiger partial charge in [0.05, 0.1) is 10.5 Å². The summed E-state index contributed by atoms with van der Waals surface area (Å²) in [6, 6.07) is 12.8. The number of hydrogen-bond acceptors (Lipinski definition) is 4. The number of carbonyl (C=O) groups is 1. The van der Waals surface area contributed by atoms with Crippen LogP contribution in [-0.4, -0.2) is 20.9 Å². The van der Waals surface area contributed by atoms with Crippen LogP contribution in [0.1, 0.15) is 11.1 Å². The second-order valence-corrected chi connectivity index (χ2v) is 8.63. The van der Waals surface area contributed by atoms with Crippen molar-refractivity contribution in [3.8, 4) is 5.75 Å². The maximum atomic E-state index is 13.0. The summed E-state index contributed by atoms with van der Waals surface area (Å²) >= 11 is 0. The molecule has 0 aromatic heterocycles. The summed E-state index contributed by atoms with van der Waals surface area (Å²) < 4.78 is 83.5. The highest BCUT2D eigenvalue weighted by atomic mass is 32.2. The number of rotatable bonds is 7.